The maximum absolute atomic E-state index is 12.6. The summed E-state index contributed by atoms with van der Waals surface area (Å²) in [5.74, 6) is -1.75. The van der Waals surface area contributed by atoms with Crippen LogP contribution in [0, 0.1) is 5.82 Å². The molecule has 13 heavy (non-hydrogen) atoms. The fraction of sp³-hybridized carbons (Fsp3) is 0.250. The van der Waals surface area contributed by atoms with Gasteiger partial charge in [-0.1, -0.05) is 0 Å². The van der Waals surface area contributed by atoms with E-state index < -0.39 is 17.9 Å². The van der Waals surface area contributed by atoms with Crippen molar-refractivity contribution in [1.29, 1.82) is 0 Å². The normalized spacial score (nSPS) is 12.5. The number of aliphatic carboxylic acids is 1. The predicted molar refractivity (Wildman–Crippen MR) is 41.6 cm³/mol. The lowest BCUT2D eigenvalue weighted by molar-refractivity contribution is -0.148. The van der Waals surface area contributed by atoms with Gasteiger partial charge in [0.2, 0.25) is 0 Å². The van der Waals surface area contributed by atoms with Crippen LogP contribution in [0.15, 0.2) is 18.5 Å². The van der Waals surface area contributed by atoms with Crippen molar-refractivity contribution in [1.82, 2.24) is 4.98 Å². The van der Waals surface area contributed by atoms with E-state index in [-0.39, 0.29) is 5.56 Å². The molecule has 1 rings (SSSR count). The molecule has 0 aliphatic carbocycles. The number of nitrogens with zero attached hydrogens (tertiary/aromatic N) is 1. The summed E-state index contributed by atoms with van der Waals surface area (Å²) in [7, 11) is 1.24. The first-order valence-corrected chi connectivity index (χ1v) is 3.51. The fourth-order valence-electron chi connectivity index (χ4n) is 0.951. The highest BCUT2D eigenvalue weighted by atomic mass is 19.1. The summed E-state index contributed by atoms with van der Waals surface area (Å²) < 4.78 is 17.3. The van der Waals surface area contributed by atoms with Crippen LogP contribution in [0.4, 0.5) is 4.39 Å². The van der Waals surface area contributed by atoms with Gasteiger partial charge in [0.25, 0.3) is 0 Å². The van der Waals surface area contributed by atoms with Gasteiger partial charge in [-0.25, -0.2) is 9.18 Å². The standard InChI is InChI=1S/C8H8FNO3/c1-13-7(8(11)12)5-2-6(9)4-10-3-5/h2-4,7H,1H3,(H,11,12)/t7-/m0/s1. The van der Waals surface area contributed by atoms with Crippen LogP contribution in [-0.4, -0.2) is 23.2 Å². The van der Waals surface area contributed by atoms with Crippen LogP contribution >= 0.6 is 0 Å². The topological polar surface area (TPSA) is 59.4 Å². The molecule has 0 radical (unpaired) electrons. The third-order valence-corrected chi connectivity index (χ3v) is 1.49. The molecule has 0 saturated heterocycles. The van der Waals surface area contributed by atoms with Crippen LogP contribution in [0.2, 0.25) is 0 Å². The lowest BCUT2D eigenvalue weighted by Gasteiger charge is -2.09. The van der Waals surface area contributed by atoms with Crippen molar-refractivity contribution >= 4 is 5.97 Å². The molecule has 0 bridgehead atoms. The van der Waals surface area contributed by atoms with Gasteiger partial charge in [-0.2, -0.15) is 0 Å². The quantitative estimate of drug-likeness (QED) is 0.762. The Labute approximate surface area is 74.0 Å². The fourth-order valence-corrected chi connectivity index (χ4v) is 0.951. The maximum Gasteiger partial charge on any atom is 0.337 e. The number of pyridine rings is 1. The number of hydrogen-bond acceptors (Lipinski definition) is 3. The Morgan fingerprint density at radius 2 is 2.38 bits per heavy atom. The molecule has 0 aliphatic heterocycles. The molecule has 4 nitrogen and oxygen atoms in total. The number of carboxylic acid groups (broad SMARTS) is 1. The summed E-state index contributed by atoms with van der Waals surface area (Å²) in [6, 6.07) is 1.08. The molecular formula is C8H8FNO3. The second kappa shape index (κ2) is 3.95. The first-order valence-electron chi connectivity index (χ1n) is 3.51. The Bertz CT molecular complexity index is 316. The van der Waals surface area contributed by atoms with E-state index in [0.717, 1.165) is 12.3 Å². The van der Waals surface area contributed by atoms with E-state index in [1.165, 1.54) is 13.3 Å². The summed E-state index contributed by atoms with van der Waals surface area (Å²) >= 11 is 0. The number of ether oxygens (including phenoxy) is 1. The van der Waals surface area contributed by atoms with Gasteiger partial charge >= 0.3 is 5.97 Å². The van der Waals surface area contributed by atoms with Crippen LogP contribution in [0.5, 0.6) is 0 Å². The van der Waals surface area contributed by atoms with E-state index in [9.17, 15) is 9.18 Å². The molecule has 1 aromatic heterocycles. The highest BCUT2D eigenvalue weighted by Gasteiger charge is 2.19. The number of hydrogen-bond donors (Lipinski definition) is 1. The lowest BCUT2D eigenvalue weighted by Crippen LogP contribution is -2.13. The van der Waals surface area contributed by atoms with Crippen molar-refractivity contribution < 1.29 is 19.0 Å². The van der Waals surface area contributed by atoms with Crippen LogP contribution in [0.3, 0.4) is 0 Å². The van der Waals surface area contributed by atoms with Crippen LogP contribution in [0.25, 0.3) is 0 Å². The summed E-state index contributed by atoms with van der Waals surface area (Å²) in [5, 5.41) is 8.64. The molecule has 0 fully saturated rings. The Balaban J connectivity index is 2.98. The van der Waals surface area contributed by atoms with Gasteiger partial charge in [-0.15, -0.1) is 0 Å². The van der Waals surface area contributed by atoms with E-state index >= 15 is 0 Å². The lowest BCUT2D eigenvalue weighted by atomic mass is 10.1. The maximum atomic E-state index is 12.6. The zero-order valence-corrected chi connectivity index (χ0v) is 6.90. The molecule has 1 atom stereocenters. The molecule has 1 aromatic rings. The van der Waals surface area contributed by atoms with Gasteiger partial charge in [0.15, 0.2) is 6.10 Å². The molecular weight excluding hydrogens is 177 g/mol. The van der Waals surface area contributed by atoms with E-state index in [0.29, 0.717) is 0 Å². The minimum absolute atomic E-state index is 0.190. The summed E-state index contributed by atoms with van der Waals surface area (Å²) in [6.45, 7) is 0. The minimum Gasteiger partial charge on any atom is -0.479 e. The van der Waals surface area contributed by atoms with Gasteiger partial charge in [0, 0.05) is 18.9 Å². The number of aromatic nitrogens is 1. The van der Waals surface area contributed by atoms with Crippen molar-refractivity contribution in [2.24, 2.45) is 0 Å². The van der Waals surface area contributed by atoms with E-state index in [4.69, 9.17) is 5.11 Å². The van der Waals surface area contributed by atoms with Crippen molar-refractivity contribution in [2.45, 2.75) is 6.10 Å². The molecule has 1 N–H and O–H groups in total. The van der Waals surface area contributed by atoms with Crippen LogP contribution < -0.4 is 0 Å². The summed E-state index contributed by atoms with van der Waals surface area (Å²) in [4.78, 5) is 14.1. The van der Waals surface area contributed by atoms with Gasteiger partial charge in [-0.05, 0) is 6.07 Å². The Kier molecular flexibility index (Phi) is 2.92. The van der Waals surface area contributed by atoms with E-state index in [1.807, 2.05) is 0 Å². The van der Waals surface area contributed by atoms with Crippen molar-refractivity contribution in [3.8, 4) is 0 Å². The largest absolute Gasteiger partial charge is 0.479 e. The highest BCUT2D eigenvalue weighted by molar-refractivity contribution is 5.74. The Hall–Kier alpha value is -1.49. The van der Waals surface area contributed by atoms with Gasteiger partial charge in [0.1, 0.15) is 5.82 Å². The van der Waals surface area contributed by atoms with Crippen molar-refractivity contribution in [3.05, 3.63) is 29.8 Å². The van der Waals surface area contributed by atoms with Crippen molar-refractivity contribution in [3.63, 3.8) is 0 Å². The van der Waals surface area contributed by atoms with E-state index in [2.05, 4.69) is 9.72 Å². The van der Waals surface area contributed by atoms with Crippen LogP contribution in [0.1, 0.15) is 11.7 Å². The average molecular weight is 185 g/mol. The number of carbonyl (C=O) groups is 1. The van der Waals surface area contributed by atoms with E-state index in [1.54, 1.807) is 0 Å². The minimum atomic E-state index is -1.17. The molecule has 0 unspecified atom stereocenters. The summed E-state index contributed by atoms with van der Waals surface area (Å²) in [6.07, 6.45) is 1.09. The number of halogens is 1. The number of rotatable bonds is 3. The SMILES string of the molecule is CO[C@H](C(=O)O)c1cncc(F)c1. The first-order chi connectivity index (χ1) is 6.15. The smallest absolute Gasteiger partial charge is 0.337 e. The van der Waals surface area contributed by atoms with Gasteiger partial charge < -0.3 is 9.84 Å². The van der Waals surface area contributed by atoms with Crippen molar-refractivity contribution in [2.75, 3.05) is 7.11 Å². The molecule has 1 heterocycles. The van der Waals surface area contributed by atoms with Crippen LogP contribution in [-0.2, 0) is 9.53 Å². The van der Waals surface area contributed by atoms with Gasteiger partial charge in [0.05, 0.1) is 6.20 Å². The predicted octanol–water partition coefficient (Wildman–Crippen LogP) is 0.993. The molecule has 0 aliphatic rings. The highest BCUT2D eigenvalue weighted by Crippen LogP contribution is 2.16. The monoisotopic (exact) mass is 185 g/mol. The molecule has 5 heteroatoms. The molecule has 0 aromatic carbocycles. The Morgan fingerprint density at radius 3 is 2.85 bits per heavy atom. The molecule has 0 saturated carbocycles. The molecule has 0 amide bonds. The third kappa shape index (κ3) is 2.22. The molecule has 0 spiro atoms. The average Bonchev–Trinajstić information content (AvgIpc) is 2.04. The third-order valence-electron chi connectivity index (χ3n) is 1.49. The second-order valence-electron chi connectivity index (χ2n) is 2.39. The number of methoxy groups -OCH3 is 1. The zero-order valence-electron chi connectivity index (χ0n) is 6.90. The van der Waals surface area contributed by atoms with Gasteiger partial charge in [-0.3, -0.25) is 4.98 Å². The number of carboxylic acids is 1. The molecule has 70 valence electrons. The first kappa shape index (κ1) is 9.60. The second-order valence-corrected chi connectivity index (χ2v) is 2.39. The zero-order chi connectivity index (χ0) is 9.84. The summed E-state index contributed by atoms with van der Waals surface area (Å²) in [5.41, 5.74) is 0.190. The Morgan fingerprint density at radius 1 is 1.69 bits per heavy atom.